The van der Waals surface area contributed by atoms with Gasteiger partial charge in [-0.2, -0.15) is 0 Å². The molecule has 0 unspecified atom stereocenters. The van der Waals surface area contributed by atoms with Crippen molar-refractivity contribution >= 4 is 85.8 Å². The van der Waals surface area contributed by atoms with Crippen LogP contribution < -0.4 is 0 Å². The summed E-state index contributed by atoms with van der Waals surface area (Å²) in [6.07, 6.45) is 0. The summed E-state index contributed by atoms with van der Waals surface area (Å²) in [6.45, 7) is 0. The van der Waals surface area contributed by atoms with Crippen LogP contribution in [0.25, 0.3) is 119 Å². The fourth-order valence-electron chi connectivity index (χ4n) is 8.61. The van der Waals surface area contributed by atoms with Gasteiger partial charge in [0.05, 0.1) is 11.4 Å². The summed E-state index contributed by atoms with van der Waals surface area (Å²) in [5, 5.41) is 12.1. The molecule has 3 heterocycles. The summed E-state index contributed by atoms with van der Waals surface area (Å²) in [4.78, 5) is 10.5. The first-order chi connectivity index (χ1) is 27.7. The van der Waals surface area contributed by atoms with Crippen LogP contribution >= 0.6 is 11.3 Å². The highest BCUT2D eigenvalue weighted by Crippen LogP contribution is 2.44. The van der Waals surface area contributed by atoms with Gasteiger partial charge in [-0.05, 0) is 80.5 Å². The van der Waals surface area contributed by atoms with Crippen molar-refractivity contribution in [2.24, 2.45) is 0 Å². The Labute approximate surface area is 325 Å². The lowest BCUT2D eigenvalue weighted by molar-refractivity contribution is 0.669. The van der Waals surface area contributed by atoms with Crippen molar-refractivity contribution in [1.29, 1.82) is 0 Å². The molecule has 9 aromatic carbocycles. The van der Waals surface area contributed by atoms with Crippen molar-refractivity contribution in [3.8, 4) is 45.0 Å². The van der Waals surface area contributed by atoms with Gasteiger partial charge in [0.1, 0.15) is 11.2 Å². The van der Waals surface area contributed by atoms with Crippen LogP contribution in [0.15, 0.2) is 186 Å². The Hall–Kier alpha value is -7.14. The van der Waals surface area contributed by atoms with E-state index in [9.17, 15) is 0 Å². The van der Waals surface area contributed by atoms with Crippen LogP contribution in [0.4, 0.5) is 0 Å². The molecule has 0 aliphatic carbocycles. The summed E-state index contributed by atoms with van der Waals surface area (Å²) in [7, 11) is 0. The molecule has 12 rings (SSSR count). The number of thiophene rings is 1. The van der Waals surface area contributed by atoms with Crippen LogP contribution in [0.2, 0.25) is 0 Å². The van der Waals surface area contributed by atoms with E-state index in [2.05, 4.69) is 164 Å². The zero-order valence-corrected chi connectivity index (χ0v) is 30.8. The van der Waals surface area contributed by atoms with Gasteiger partial charge in [-0.1, -0.05) is 140 Å². The van der Waals surface area contributed by atoms with Crippen molar-refractivity contribution in [2.45, 2.75) is 0 Å². The predicted molar refractivity (Wildman–Crippen MR) is 236 cm³/mol. The van der Waals surface area contributed by atoms with Crippen molar-refractivity contribution in [3.05, 3.63) is 182 Å². The highest BCUT2D eigenvalue weighted by Gasteiger charge is 2.19. The minimum Gasteiger partial charge on any atom is -0.456 e. The molecule has 12 aromatic rings. The highest BCUT2D eigenvalue weighted by atomic mass is 32.1. The zero-order chi connectivity index (χ0) is 36.7. The molecule has 0 saturated carbocycles. The molecule has 0 bridgehead atoms. The summed E-state index contributed by atoms with van der Waals surface area (Å²) in [6, 6.07) is 64.8. The molecular weight excluding hydrogens is 701 g/mol. The molecule has 0 spiro atoms. The number of benzene rings is 9. The summed E-state index contributed by atoms with van der Waals surface area (Å²) < 4.78 is 9.33. The molecule has 0 radical (unpaired) electrons. The van der Waals surface area contributed by atoms with E-state index >= 15 is 0 Å². The first-order valence-electron chi connectivity index (χ1n) is 18.9. The minimum atomic E-state index is 0.665. The van der Waals surface area contributed by atoms with Crippen LogP contribution in [0.3, 0.4) is 0 Å². The smallest absolute Gasteiger partial charge is 0.161 e. The molecule has 3 aromatic heterocycles. The molecule has 0 fully saturated rings. The van der Waals surface area contributed by atoms with Crippen LogP contribution in [0, 0.1) is 0 Å². The summed E-state index contributed by atoms with van der Waals surface area (Å²) in [5.41, 5.74) is 8.75. The van der Waals surface area contributed by atoms with E-state index < -0.39 is 0 Å². The molecule has 0 saturated heterocycles. The zero-order valence-electron chi connectivity index (χ0n) is 30.0. The van der Waals surface area contributed by atoms with Crippen molar-refractivity contribution in [3.63, 3.8) is 0 Å². The maximum absolute atomic E-state index is 6.69. The molecule has 0 aliphatic rings. The quantitative estimate of drug-likeness (QED) is 0.169. The lowest BCUT2D eigenvalue weighted by Crippen LogP contribution is -1.96. The van der Waals surface area contributed by atoms with Gasteiger partial charge in [-0.3, -0.25) is 0 Å². The standard InChI is InChI=1S/C52H30N2OS/c1-2-12-32(13-3-1)45-30-46(35-24-25-37-33(27-35)22-21-31-11-4-5-14-36(31)37)54-52(53-45)42-18-10-19-47-50(42)41-26-23-34(28-48(41)55-47)43-29-44-39-16-8-9-20-49(39)56-51(44)40-17-7-6-15-38(40)43/h1-30H. The lowest BCUT2D eigenvalue weighted by atomic mass is 9.94. The number of hydrogen-bond donors (Lipinski definition) is 0. The van der Waals surface area contributed by atoms with E-state index in [1.54, 1.807) is 0 Å². The fourth-order valence-corrected chi connectivity index (χ4v) is 9.83. The van der Waals surface area contributed by atoms with Crippen LogP contribution in [0.1, 0.15) is 0 Å². The van der Waals surface area contributed by atoms with Crippen LogP contribution in [0.5, 0.6) is 0 Å². The van der Waals surface area contributed by atoms with Gasteiger partial charge in [-0.15, -0.1) is 11.3 Å². The molecule has 0 amide bonds. The van der Waals surface area contributed by atoms with E-state index in [-0.39, 0.29) is 0 Å². The third-order valence-corrected chi connectivity index (χ3v) is 12.5. The number of nitrogens with zero attached hydrogens (tertiary/aromatic N) is 2. The summed E-state index contributed by atoms with van der Waals surface area (Å²) >= 11 is 1.87. The number of hydrogen-bond acceptors (Lipinski definition) is 4. The SMILES string of the molecule is c1ccc(-c2cc(-c3ccc4c(ccc5ccccc54)c3)nc(-c3cccc4oc5cc(-c6cc7c8ccccc8sc7c7ccccc67)ccc5c34)n2)cc1. The molecule has 3 nitrogen and oxygen atoms in total. The maximum Gasteiger partial charge on any atom is 0.161 e. The first kappa shape index (κ1) is 31.2. The summed E-state index contributed by atoms with van der Waals surface area (Å²) in [5.74, 6) is 0.665. The van der Waals surface area contributed by atoms with Gasteiger partial charge in [0, 0.05) is 53.0 Å². The second kappa shape index (κ2) is 12.2. The van der Waals surface area contributed by atoms with E-state index in [1.165, 1.54) is 58.1 Å². The van der Waals surface area contributed by atoms with Crippen molar-refractivity contribution in [1.82, 2.24) is 9.97 Å². The molecule has 260 valence electrons. The maximum atomic E-state index is 6.69. The second-order valence-corrected chi connectivity index (χ2v) is 15.5. The first-order valence-corrected chi connectivity index (χ1v) is 19.7. The van der Waals surface area contributed by atoms with Crippen molar-refractivity contribution in [2.75, 3.05) is 0 Å². The predicted octanol–water partition coefficient (Wildman–Crippen LogP) is 14.9. The lowest BCUT2D eigenvalue weighted by Gasteiger charge is -2.11. The molecular formula is C52H30N2OS. The Kier molecular flexibility index (Phi) is 6.80. The number of furan rings is 1. The van der Waals surface area contributed by atoms with Gasteiger partial charge in [0.2, 0.25) is 0 Å². The average molecular weight is 731 g/mol. The van der Waals surface area contributed by atoms with Gasteiger partial charge < -0.3 is 4.42 Å². The monoisotopic (exact) mass is 730 g/mol. The van der Waals surface area contributed by atoms with Crippen LogP contribution in [-0.4, -0.2) is 9.97 Å². The molecule has 56 heavy (non-hydrogen) atoms. The molecule has 0 N–H and O–H groups in total. The van der Waals surface area contributed by atoms with E-state index in [0.717, 1.165) is 55.6 Å². The topological polar surface area (TPSA) is 38.9 Å². The Morgan fingerprint density at radius 3 is 1.96 bits per heavy atom. The van der Waals surface area contributed by atoms with E-state index in [4.69, 9.17) is 14.4 Å². The largest absolute Gasteiger partial charge is 0.456 e. The second-order valence-electron chi connectivity index (χ2n) is 14.5. The number of aromatic nitrogens is 2. The minimum absolute atomic E-state index is 0.665. The number of rotatable bonds is 4. The molecule has 0 atom stereocenters. The molecule has 4 heteroatoms. The highest BCUT2D eigenvalue weighted by molar-refractivity contribution is 7.26. The van der Waals surface area contributed by atoms with Gasteiger partial charge in [-0.25, -0.2) is 9.97 Å². The third-order valence-electron chi connectivity index (χ3n) is 11.3. The van der Waals surface area contributed by atoms with E-state index in [1.807, 2.05) is 29.5 Å². The average Bonchev–Trinajstić information content (AvgIpc) is 3.84. The van der Waals surface area contributed by atoms with Gasteiger partial charge in [0.25, 0.3) is 0 Å². The Balaban J connectivity index is 1.04. The Bertz CT molecular complexity index is 3540. The fraction of sp³-hybridized carbons (Fsp3) is 0. The van der Waals surface area contributed by atoms with Gasteiger partial charge in [0.15, 0.2) is 5.82 Å². The van der Waals surface area contributed by atoms with Crippen molar-refractivity contribution < 1.29 is 4.42 Å². The third kappa shape index (κ3) is 4.83. The Morgan fingerprint density at radius 1 is 0.375 bits per heavy atom. The van der Waals surface area contributed by atoms with Gasteiger partial charge >= 0.3 is 0 Å². The molecule has 0 aliphatic heterocycles. The van der Waals surface area contributed by atoms with E-state index in [0.29, 0.717) is 5.82 Å². The number of fused-ring (bicyclic) bond motifs is 11. The Morgan fingerprint density at radius 2 is 1.07 bits per heavy atom. The normalized spacial score (nSPS) is 11.9. The van der Waals surface area contributed by atoms with Crippen LogP contribution in [-0.2, 0) is 0 Å².